The fourth-order valence-corrected chi connectivity index (χ4v) is 5.66. The Morgan fingerprint density at radius 3 is 2.91 bits per heavy atom. The number of anilines is 2. The lowest BCUT2D eigenvalue weighted by atomic mass is 10.1. The van der Waals surface area contributed by atoms with E-state index in [1.165, 1.54) is 10.9 Å². The van der Waals surface area contributed by atoms with Crippen LogP contribution in [0.2, 0.25) is 5.02 Å². The largest absolute Gasteiger partial charge is 0.462 e. The van der Waals surface area contributed by atoms with Crippen LogP contribution in [0.3, 0.4) is 0 Å². The molecule has 2 aromatic heterocycles. The van der Waals surface area contributed by atoms with Crippen LogP contribution in [0.1, 0.15) is 52.5 Å². The molecule has 174 valence electrons. The number of hydrogen-bond acceptors (Lipinski definition) is 5. The summed E-state index contributed by atoms with van der Waals surface area (Å²) >= 11 is 13.2. The third-order valence-corrected chi connectivity index (χ3v) is 7.17. The van der Waals surface area contributed by atoms with Gasteiger partial charge >= 0.3 is 5.97 Å². The summed E-state index contributed by atoms with van der Waals surface area (Å²) in [5.74, 6) is -0.703. The summed E-state index contributed by atoms with van der Waals surface area (Å²) in [5, 5.41) is 11.9. The summed E-state index contributed by atoms with van der Waals surface area (Å²) in [6.45, 7) is 2.31. The number of nitrogens with one attached hydrogen (secondary N) is 2. The number of fused-ring (bicyclic) bond motifs is 1. The molecule has 0 unspecified atom stereocenters. The van der Waals surface area contributed by atoms with Crippen LogP contribution >= 0.6 is 35.2 Å². The Kier molecular flexibility index (Phi) is 7.62. The van der Waals surface area contributed by atoms with E-state index in [-0.39, 0.29) is 18.3 Å². The van der Waals surface area contributed by atoms with Gasteiger partial charge in [0.25, 0.3) is 0 Å². The molecule has 0 saturated carbocycles. The van der Waals surface area contributed by atoms with Crippen molar-refractivity contribution in [1.29, 1.82) is 0 Å². The van der Waals surface area contributed by atoms with Crippen LogP contribution in [0.25, 0.3) is 0 Å². The second-order valence-corrected chi connectivity index (χ2v) is 9.62. The highest BCUT2D eigenvalue weighted by Crippen LogP contribution is 2.38. The molecule has 1 aliphatic carbocycles. The van der Waals surface area contributed by atoms with Crippen molar-refractivity contribution in [1.82, 2.24) is 9.78 Å². The topological polar surface area (TPSA) is 68.2 Å². The third kappa shape index (κ3) is 5.54. The van der Waals surface area contributed by atoms with E-state index in [0.717, 1.165) is 37.7 Å². The molecule has 0 aliphatic heterocycles. The van der Waals surface area contributed by atoms with E-state index < -0.39 is 0 Å². The maximum absolute atomic E-state index is 14.1. The first kappa shape index (κ1) is 23.7. The van der Waals surface area contributed by atoms with Gasteiger partial charge in [0.15, 0.2) is 5.11 Å². The highest BCUT2D eigenvalue weighted by Gasteiger charge is 2.26. The lowest BCUT2D eigenvalue weighted by Crippen LogP contribution is -2.20. The average molecular weight is 507 g/mol. The summed E-state index contributed by atoms with van der Waals surface area (Å²) in [6, 6.07) is 4.58. The number of carbonyl (C=O) groups excluding carboxylic acids is 1. The molecule has 0 bridgehead atoms. The smallest absolute Gasteiger partial charge is 0.341 e. The van der Waals surface area contributed by atoms with Gasteiger partial charge in [-0.05, 0) is 62.5 Å². The zero-order valence-electron chi connectivity index (χ0n) is 18.1. The van der Waals surface area contributed by atoms with E-state index in [9.17, 15) is 9.18 Å². The van der Waals surface area contributed by atoms with Gasteiger partial charge in [-0.3, -0.25) is 4.68 Å². The minimum Gasteiger partial charge on any atom is -0.462 e. The number of aromatic nitrogens is 2. The van der Waals surface area contributed by atoms with Gasteiger partial charge in [-0.15, -0.1) is 11.3 Å². The quantitative estimate of drug-likeness (QED) is 0.241. The van der Waals surface area contributed by atoms with Crippen LogP contribution in [0.15, 0.2) is 30.6 Å². The minimum absolute atomic E-state index is 0.192. The Labute approximate surface area is 206 Å². The fourth-order valence-electron chi connectivity index (χ4n) is 3.88. The molecular weight excluding hydrogens is 483 g/mol. The molecule has 4 rings (SSSR count). The van der Waals surface area contributed by atoms with Crippen molar-refractivity contribution < 1.29 is 13.9 Å². The van der Waals surface area contributed by atoms with Crippen LogP contribution in [-0.2, 0) is 24.1 Å². The number of carbonyl (C=O) groups is 1. The molecule has 3 aromatic rings. The normalized spacial score (nSPS) is 13.2. The number of ether oxygens (including phenoxy) is 1. The molecule has 1 aliphatic rings. The molecule has 0 radical (unpaired) electrons. The number of halogens is 2. The van der Waals surface area contributed by atoms with Crippen molar-refractivity contribution in [2.45, 2.75) is 45.6 Å². The molecule has 6 nitrogen and oxygen atoms in total. The number of hydrogen-bond donors (Lipinski definition) is 2. The summed E-state index contributed by atoms with van der Waals surface area (Å²) in [5.41, 5.74) is 2.67. The number of thiophene rings is 1. The number of nitrogens with zero attached hydrogens (tertiary/aromatic N) is 2. The molecular formula is C23H24ClFN4O2S2. The maximum atomic E-state index is 14.1. The van der Waals surface area contributed by atoms with Gasteiger partial charge in [0, 0.05) is 21.7 Å². The molecule has 33 heavy (non-hydrogen) atoms. The molecule has 2 N–H and O–H groups in total. The molecule has 1 aromatic carbocycles. The fraction of sp³-hybridized carbons (Fsp3) is 0.348. The molecule has 0 spiro atoms. The van der Waals surface area contributed by atoms with Gasteiger partial charge in [-0.25, -0.2) is 9.18 Å². The van der Waals surface area contributed by atoms with Crippen LogP contribution in [0.4, 0.5) is 15.1 Å². The van der Waals surface area contributed by atoms with E-state index in [2.05, 4.69) is 15.7 Å². The van der Waals surface area contributed by atoms with E-state index in [4.69, 9.17) is 28.6 Å². The number of benzene rings is 1. The Morgan fingerprint density at radius 2 is 2.12 bits per heavy atom. The Balaban J connectivity index is 1.48. The van der Waals surface area contributed by atoms with Gasteiger partial charge in [-0.1, -0.05) is 24.1 Å². The first-order valence-corrected chi connectivity index (χ1v) is 12.4. The molecule has 2 heterocycles. The lowest BCUT2D eigenvalue weighted by Gasteiger charge is -2.10. The van der Waals surface area contributed by atoms with Gasteiger partial charge in [0.1, 0.15) is 10.8 Å². The van der Waals surface area contributed by atoms with Crippen molar-refractivity contribution in [2.75, 3.05) is 17.2 Å². The minimum atomic E-state index is -0.381. The monoisotopic (exact) mass is 506 g/mol. The van der Waals surface area contributed by atoms with Crippen molar-refractivity contribution in [3.8, 4) is 0 Å². The zero-order chi connectivity index (χ0) is 23.4. The van der Waals surface area contributed by atoms with Crippen LogP contribution in [0.5, 0.6) is 0 Å². The predicted octanol–water partition coefficient (Wildman–Crippen LogP) is 6.04. The van der Waals surface area contributed by atoms with Crippen LogP contribution in [0, 0.1) is 5.82 Å². The molecule has 0 fully saturated rings. The lowest BCUT2D eigenvalue weighted by molar-refractivity contribution is 0.0527. The van der Waals surface area contributed by atoms with E-state index in [1.807, 2.05) is 0 Å². The van der Waals surface area contributed by atoms with Crippen LogP contribution < -0.4 is 10.6 Å². The first-order valence-electron chi connectivity index (χ1n) is 10.8. The number of thiocarbonyl (C=S) groups is 1. The van der Waals surface area contributed by atoms with E-state index >= 15 is 0 Å². The van der Waals surface area contributed by atoms with Crippen molar-refractivity contribution >= 4 is 56.9 Å². The Hall–Kier alpha value is -2.49. The highest BCUT2D eigenvalue weighted by atomic mass is 35.5. The third-order valence-electron chi connectivity index (χ3n) is 5.40. The maximum Gasteiger partial charge on any atom is 0.341 e. The molecule has 0 atom stereocenters. The summed E-state index contributed by atoms with van der Waals surface area (Å²) in [4.78, 5) is 13.9. The SMILES string of the molecule is CCOC(=O)c1c(NC(=S)Nc2cnn(Cc3c(F)cccc3Cl)c2)sc2c1CCCCC2. The van der Waals surface area contributed by atoms with Crippen molar-refractivity contribution in [3.63, 3.8) is 0 Å². The van der Waals surface area contributed by atoms with Crippen LogP contribution in [-0.4, -0.2) is 27.5 Å². The van der Waals surface area contributed by atoms with Gasteiger partial charge in [0.05, 0.1) is 30.6 Å². The highest BCUT2D eigenvalue weighted by molar-refractivity contribution is 7.80. The standard InChI is InChI=1S/C23H24ClFN4O2S2/c1-2-31-22(30)20-15-7-4-3-5-10-19(15)33-21(20)28-23(32)27-14-11-26-29(12-14)13-16-17(24)8-6-9-18(16)25/h6,8-9,11-12H,2-5,7,10,13H2,1H3,(H2,27,28,32). The number of aryl methyl sites for hydroxylation is 1. The summed E-state index contributed by atoms with van der Waals surface area (Å²) < 4.78 is 21.0. The Morgan fingerprint density at radius 1 is 1.30 bits per heavy atom. The average Bonchev–Trinajstić information content (AvgIpc) is 3.27. The first-order chi connectivity index (χ1) is 16.0. The summed E-state index contributed by atoms with van der Waals surface area (Å²) in [7, 11) is 0. The molecule has 0 amide bonds. The van der Waals surface area contributed by atoms with E-state index in [1.54, 1.807) is 47.5 Å². The predicted molar refractivity (Wildman–Crippen MR) is 134 cm³/mol. The second kappa shape index (κ2) is 10.6. The number of rotatable bonds is 6. The van der Waals surface area contributed by atoms with Crippen molar-refractivity contribution in [2.24, 2.45) is 0 Å². The van der Waals surface area contributed by atoms with Gasteiger partial charge in [0.2, 0.25) is 0 Å². The molecule has 0 saturated heterocycles. The number of esters is 1. The Bertz CT molecular complexity index is 1160. The van der Waals surface area contributed by atoms with E-state index in [0.29, 0.717) is 38.6 Å². The van der Waals surface area contributed by atoms with Crippen molar-refractivity contribution in [3.05, 3.63) is 63.0 Å². The van der Waals surface area contributed by atoms with Gasteiger partial charge < -0.3 is 15.4 Å². The zero-order valence-corrected chi connectivity index (χ0v) is 20.5. The molecule has 10 heteroatoms. The second-order valence-electron chi connectivity index (χ2n) is 7.69. The summed E-state index contributed by atoms with van der Waals surface area (Å²) in [6.07, 6.45) is 8.47. The van der Waals surface area contributed by atoms with Gasteiger partial charge in [-0.2, -0.15) is 5.10 Å².